The number of carbonyl (C=O) groups is 1. The van der Waals surface area contributed by atoms with E-state index in [1.165, 1.54) is 10.6 Å². The number of rotatable bonds is 2. The van der Waals surface area contributed by atoms with E-state index in [1.54, 1.807) is 51.2 Å². The summed E-state index contributed by atoms with van der Waals surface area (Å²) in [5, 5.41) is 6.87. The molecule has 3 heterocycles. The second-order valence-electron chi connectivity index (χ2n) is 6.13. The number of aromatic nitrogens is 4. The molecule has 0 atom stereocenters. The van der Waals surface area contributed by atoms with Crippen molar-refractivity contribution in [3.8, 4) is 11.5 Å². The summed E-state index contributed by atoms with van der Waals surface area (Å²) in [6.45, 7) is 5.35. The maximum Gasteiger partial charge on any atom is 0.412 e. The smallest absolute Gasteiger partial charge is 0.412 e. The van der Waals surface area contributed by atoms with E-state index in [0.29, 0.717) is 22.9 Å². The molecule has 0 saturated heterocycles. The van der Waals surface area contributed by atoms with Gasteiger partial charge in [-0.25, -0.2) is 19.3 Å². The van der Waals surface area contributed by atoms with Gasteiger partial charge in [0, 0.05) is 18.0 Å². The zero-order valence-corrected chi connectivity index (χ0v) is 13.4. The first-order valence-electron chi connectivity index (χ1n) is 7.29. The van der Waals surface area contributed by atoms with Crippen molar-refractivity contribution in [1.29, 1.82) is 0 Å². The van der Waals surface area contributed by atoms with Crippen LogP contribution in [-0.2, 0) is 4.74 Å². The maximum atomic E-state index is 13.2. The second kappa shape index (κ2) is 5.88. The maximum absolute atomic E-state index is 13.2. The largest absolute Gasteiger partial charge is 0.444 e. The van der Waals surface area contributed by atoms with Gasteiger partial charge in [0.05, 0.1) is 0 Å². The molecule has 124 valence electrons. The van der Waals surface area contributed by atoms with Crippen molar-refractivity contribution in [2.75, 3.05) is 5.32 Å². The Bertz CT molecular complexity index is 901. The number of hydrogen-bond acceptors (Lipinski definition) is 5. The van der Waals surface area contributed by atoms with Crippen molar-refractivity contribution in [3.05, 3.63) is 42.5 Å². The minimum Gasteiger partial charge on any atom is -0.444 e. The molecular weight excluding hydrogens is 313 g/mol. The number of amides is 1. The molecule has 0 bridgehead atoms. The Morgan fingerprint density at radius 3 is 2.75 bits per heavy atom. The van der Waals surface area contributed by atoms with Crippen LogP contribution in [0.25, 0.3) is 17.2 Å². The lowest BCUT2D eigenvalue weighted by Gasteiger charge is -2.19. The fourth-order valence-electron chi connectivity index (χ4n) is 2.02. The molecule has 0 aliphatic heterocycles. The van der Waals surface area contributed by atoms with E-state index in [2.05, 4.69) is 20.4 Å². The van der Waals surface area contributed by atoms with E-state index in [4.69, 9.17) is 4.74 Å². The molecular formula is C16H16FN5O2. The molecule has 3 aromatic rings. The van der Waals surface area contributed by atoms with Crippen LogP contribution in [-0.4, -0.2) is 31.3 Å². The highest BCUT2D eigenvalue weighted by molar-refractivity contribution is 5.85. The minimum absolute atomic E-state index is 0.295. The average Bonchev–Trinajstić information content (AvgIpc) is 2.88. The zero-order chi connectivity index (χ0) is 17.3. The van der Waals surface area contributed by atoms with E-state index in [9.17, 15) is 9.18 Å². The molecule has 0 spiro atoms. The van der Waals surface area contributed by atoms with Gasteiger partial charge in [-0.1, -0.05) is 6.07 Å². The van der Waals surface area contributed by atoms with Crippen LogP contribution in [0.2, 0.25) is 0 Å². The molecule has 24 heavy (non-hydrogen) atoms. The number of anilines is 1. The van der Waals surface area contributed by atoms with E-state index in [-0.39, 0.29) is 0 Å². The van der Waals surface area contributed by atoms with E-state index >= 15 is 0 Å². The summed E-state index contributed by atoms with van der Waals surface area (Å²) < 4.78 is 19.9. The molecule has 0 radical (unpaired) electrons. The van der Waals surface area contributed by atoms with Crippen molar-refractivity contribution in [1.82, 2.24) is 19.6 Å². The predicted molar refractivity (Wildman–Crippen MR) is 86.0 cm³/mol. The third-order valence-corrected chi connectivity index (χ3v) is 2.93. The van der Waals surface area contributed by atoms with Crippen LogP contribution in [0.4, 0.5) is 14.9 Å². The van der Waals surface area contributed by atoms with E-state index < -0.39 is 17.6 Å². The summed E-state index contributed by atoms with van der Waals surface area (Å²) in [6, 6.07) is 7.72. The van der Waals surface area contributed by atoms with Crippen LogP contribution in [0.3, 0.4) is 0 Å². The van der Waals surface area contributed by atoms with Gasteiger partial charge >= 0.3 is 6.09 Å². The summed E-state index contributed by atoms with van der Waals surface area (Å²) in [7, 11) is 0. The fourth-order valence-corrected chi connectivity index (χ4v) is 2.02. The first-order valence-corrected chi connectivity index (χ1v) is 7.29. The molecule has 0 aromatic carbocycles. The van der Waals surface area contributed by atoms with Gasteiger partial charge in [0.2, 0.25) is 11.8 Å². The van der Waals surface area contributed by atoms with Gasteiger partial charge < -0.3 is 4.74 Å². The third-order valence-electron chi connectivity index (χ3n) is 2.93. The quantitative estimate of drug-likeness (QED) is 0.730. The third kappa shape index (κ3) is 3.65. The standard InChI is InChI=1S/C16H16FN5O2/c1-16(2,3)24-15(23)18-10-7-8-22-13(9-10)20-14(21-22)11-5-4-6-12(17)19-11/h4-9H,1-3H3,(H,18,23). The monoisotopic (exact) mass is 329 g/mol. The SMILES string of the molecule is CC(C)(C)OC(=O)Nc1ccn2nc(-c3cccc(F)n3)nc2c1. The van der Waals surface area contributed by atoms with Crippen LogP contribution >= 0.6 is 0 Å². The molecule has 3 rings (SSSR count). The Morgan fingerprint density at radius 1 is 1.25 bits per heavy atom. The van der Waals surface area contributed by atoms with Gasteiger partial charge in [-0.15, -0.1) is 5.10 Å². The first kappa shape index (κ1) is 15.9. The van der Waals surface area contributed by atoms with Crippen LogP contribution in [0, 0.1) is 5.95 Å². The zero-order valence-electron chi connectivity index (χ0n) is 13.4. The van der Waals surface area contributed by atoms with Crippen molar-refractivity contribution in [3.63, 3.8) is 0 Å². The minimum atomic E-state index is -0.598. The number of nitrogens with one attached hydrogen (secondary N) is 1. The van der Waals surface area contributed by atoms with Crippen molar-refractivity contribution >= 4 is 17.4 Å². The van der Waals surface area contributed by atoms with Crippen molar-refractivity contribution < 1.29 is 13.9 Å². The second-order valence-corrected chi connectivity index (χ2v) is 6.13. The van der Waals surface area contributed by atoms with Crippen molar-refractivity contribution in [2.24, 2.45) is 0 Å². The highest BCUT2D eigenvalue weighted by Crippen LogP contribution is 2.17. The van der Waals surface area contributed by atoms with Crippen LogP contribution in [0.1, 0.15) is 20.8 Å². The summed E-state index contributed by atoms with van der Waals surface area (Å²) in [5.74, 6) is -0.303. The highest BCUT2D eigenvalue weighted by Gasteiger charge is 2.16. The lowest BCUT2D eigenvalue weighted by Crippen LogP contribution is -2.27. The van der Waals surface area contributed by atoms with Crippen LogP contribution < -0.4 is 5.32 Å². The number of hydrogen-bond donors (Lipinski definition) is 1. The molecule has 1 N–H and O–H groups in total. The Hall–Kier alpha value is -3.03. The number of carbonyl (C=O) groups excluding carboxylic acids is 1. The lowest BCUT2D eigenvalue weighted by molar-refractivity contribution is 0.0636. The topological polar surface area (TPSA) is 81.4 Å². The first-order chi connectivity index (χ1) is 11.3. The number of nitrogens with zero attached hydrogens (tertiary/aromatic N) is 4. The molecule has 8 heteroatoms. The average molecular weight is 329 g/mol. The number of halogens is 1. The lowest BCUT2D eigenvalue weighted by atomic mass is 10.2. The van der Waals surface area contributed by atoms with E-state index in [1.807, 2.05) is 0 Å². The van der Waals surface area contributed by atoms with Gasteiger partial charge in [0.15, 0.2) is 5.65 Å². The molecule has 0 saturated carbocycles. The van der Waals surface area contributed by atoms with Gasteiger partial charge in [0.25, 0.3) is 0 Å². The van der Waals surface area contributed by atoms with Gasteiger partial charge in [-0.3, -0.25) is 5.32 Å². The van der Waals surface area contributed by atoms with Gasteiger partial charge in [0.1, 0.15) is 11.3 Å². The Morgan fingerprint density at radius 2 is 2.04 bits per heavy atom. The Kier molecular flexibility index (Phi) is 3.88. The fraction of sp³-hybridized carbons (Fsp3) is 0.250. The van der Waals surface area contributed by atoms with E-state index in [0.717, 1.165) is 0 Å². The van der Waals surface area contributed by atoms with Gasteiger partial charge in [-0.2, -0.15) is 4.39 Å². The summed E-state index contributed by atoms with van der Waals surface area (Å²) in [6.07, 6.45) is 1.08. The Labute approximate surface area is 137 Å². The Balaban J connectivity index is 1.85. The molecule has 0 aliphatic carbocycles. The number of pyridine rings is 2. The molecule has 1 amide bonds. The predicted octanol–water partition coefficient (Wildman–Crippen LogP) is 3.28. The summed E-state index contributed by atoms with van der Waals surface area (Å²) in [5.41, 5.74) is 0.757. The van der Waals surface area contributed by atoms with Gasteiger partial charge in [-0.05, 0) is 39.0 Å². The van der Waals surface area contributed by atoms with Crippen LogP contribution in [0.5, 0.6) is 0 Å². The summed E-state index contributed by atoms with van der Waals surface area (Å²) in [4.78, 5) is 19.9. The molecule has 0 fully saturated rings. The molecule has 0 aliphatic rings. The molecule has 0 unspecified atom stereocenters. The van der Waals surface area contributed by atoms with Crippen molar-refractivity contribution in [2.45, 2.75) is 26.4 Å². The molecule has 3 aromatic heterocycles. The van der Waals surface area contributed by atoms with Crippen LogP contribution in [0.15, 0.2) is 36.5 Å². The molecule has 7 nitrogen and oxygen atoms in total. The summed E-state index contributed by atoms with van der Waals surface area (Å²) >= 11 is 0. The normalized spacial score (nSPS) is 11.5. The highest BCUT2D eigenvalue weighted by atomic mass is 19.1. The number of ether oxygens (including phenoxy) is 1. The number of fused-ring (bicyclic) bond motifs is 1.